The molecule has 0 atom stereocenters. The van der Waals surface area contributed by atoms with Crippen molar-refractivity contribution in [2.24, 2.45) is 0 Å². The van der Waals surface area contributed by atoms with Crippen LogP contribution in [0.5, 0.6) is 0 Å². The molecule has 1 aliphatic heterocycles. The van der Waals surface area contributed by atoms with Crippen molar-refractivity contribution < 1.29 is 19.2 Å². The van der Waals surface area contributed by atoms with Gasteiger partial charge in [-0.1, -0.05) is 28.8 Å². The normalized spacial score (nSPS) is 13.2. The third kappa shape index (κ3) is 2.43. The van der Waals surface area contributed by atoms with E-state index in [0.29, 0.717) is 20.9 Å². The smallest absolute Gasteiger partial charge is 0.324 e. The van der Waals surface area contributed by atoms with Gasteiger partial charge in [-0.25, -0.2) is 4.79 Å². The second-order valence-corrected chi connectivity index (χ2v) is 5.82. The van der Waals surface area contributed by atoms with Crippen molar-refractivity contribution in [2.45, 2.75) is 0 Å². The van der Waals surface area contributed by atoms with Gasteiger partial charge in [-0.15, -0.1) is 0 Å². The Morgan fingerprint density at radius 2 is 1.72 bits per heavy atom. The van der Waals surface area contributed by atoms with E-state index in [1.54, 1.807) is 30.5 Å². The zero-order chi connectivity index (χ0) is 17.6. The van der Waals surface area contributed by atoms with Gasteiger partial charge in [-0.2, -0.15) is 0 Å². The second kappa shape index (κ2) is 5.68. The first-order chi connectivity index (χ1) is 12.1. The summed E-state index contributed by atoms with van der Waals surface area (Å²) in [5.74, 6) is -2.23. The highest BCUT2D eigenvalue weighted by Crippen LogP contribution is 2.27. The van der Waals surface area contributed by atoms with Crippen LogP contribution in [0.4, 0.5) is 0 Å². The summed E-state index contributed by atoms with van der Waals surface area (Å²) in [7, 11) is 0. The number of aromatic nitrogens is 1. The van der Waals surface area contributed by atoms with Crippen LogP contribution in [0.25, 0.3) is 10.8 Å². The number of hydrogen-bond donors (Lipinski definition) is 0. The first-order valence-electron chi connectivity index (χ1n) is 7.29. The summed E-state index contributed by atoms with van der Waals surface area (Å²) in [6.45, 7) is 0. The molecule has 0 unspecified atom stereocenters. The molecule has 2 heterocycles. The Hall–Kier alpha value is -3.25. The average molecular weight is 353 g/mol. The van der Waals surface area contributed by atoms with Crippen LogP contribution in [0.2, 0.25) is 5.02 Å². The van der Waals surface area contributed by atoms with Crippen LogP contribution in [0, 0.1) is 0 Å². The van der Waals surface area contributed by atoms with E-state index in [1.165, 1.54) is 24.4 Å². The SMILES string of the molecule is O=C(ON1C(=O)c2ccccc2C1=O)c1cc(Cl)cc2ccncc12. The van der Waals surface area contributed by atoms with E-state index in [-0.39, 0.29) is 16.7 Å². The van der Waals surface area contributed by atoms with Crippen LogP contribution in [-0.2, 0) is 4.84 Å². The van der Waals surface area contributed by atoms with Crippen LogP contribution in [-0.4, -0.2) is 27.8 Å². The highest BCUT2D eigenvalue weighted by molar-refractivity contribution is 6.32. The predicted octanol–water partition coefficient (Wildman–Crippen LogP) is 3.26. The van der Waals surface area contributed by atoms with Crippen molar-refractivity contribution in [1.29, 1.82) is 0 Å². The van der Waals surface area contributed by atoms with Gasteiger partial charge in [0.15, 0.2) is 0 Å². The number of fused-ring (bicyclic) bond motifs is 2. The maximum atomic E-state index is 12.6. The van der Waals surface area contributed by atoms with Gasteiger partial charge >= 0.3 is 5.97 Å². The lowest BCUT2D eigenvalue weighted by molar-refractivity contribution is -0.0583. The highest BCUT2D eigenvalue weighted by atomic mass is 35.5. The monoisotopic (exact) mass is 352 g/mol. The molecule has 25 heavy (non-hydrogen) atoms. The van der Waals surface area contributed by atoms with E-state index >= 15 is 0 Å². The van der Waals surface area contributed by atoms with E-state index in [0.717, 1.165) is 0 Å². The van der Waals surface area contributed by atoms with Crippen molar-refractivity contribution in [3.8, 4) is 0 Å². The quantitative estimate of drug-likeness (QED) is 0.662. The van der Waals surface area contributed by atoms with Gasteiger partial charge in [0, 0.05) is 22.8 Å². The fourth-order valence-electron chi connectivity index (χ4n) is 2.71. The largest absolute Gasteiger partial charge is 0.364 e. The third-order valence-electron chi connectivity index (χ3n) is 3.87. The molecule has 7 heteroatoms. The lowest BCUT2D eigenvalue weighted by Crippen LogP contribution is -2.32. The van der Waals surface area contributed by atoms with Gasteiger partial charge in [0.2, 0.25) is 0 Å². The van der Waals surface area contributed by atoms with Crippen molar-refractivity contribution in [1.82, 2.24) is 10.0 Å². The molecule has 4 rings (SSSR count). The number of imide groups is 1. The topological polar surface area (TPSA) is 76.6 Å². The van der Waals surface area contributed by atoms with E-state index < -0.39 is 17.8 Å². The summed E-state index contributed by atoms with van der Waals surface area (Å²) in [4.78, 5) is 46.2. The molecule has 0 bridgehead atoms. The maximum Gasteiger partial charge on any atom is 0.364 e. The van der Waals surface area contributed by atoms with Gasteiger partial charge in [0.05, 0.1) is 16.7 Å². The molecule has 2 amide bonds. The fourth-order valence-corrected chi connectivity index (χ4v) is 2.94. The molecule has 1 aliphatic rings. The van der Waals surface area contributed by atoms with Crippen molar-refractivity contribution >= 4 is 40.2 Å². The zero-order valence-corrected chi connectivity index (χ0v) is 13.4. The minimum Gasteiger partial charge on any atom is -0.324 e. The van der Waals surface area contributed by atoms with E-state index in [2.05, 4.69) is 4.98 Å². The average Bonchev–Trinajstić information content (AvgIpc) is 2.86. The molecule has 0 aliphatic carbocycles. The van der Waals surface area contributed by atoms with Gasteiger partial charge in [-0.3, -0.25) is 14.6 Å². The number of rotatable bonds is 2. The van der Waals surface area contributed by atoms with Gasteiger partial charge in [-0.05, 0) is 35.7 Å². The van der Waals surface area contributed by atoms with E-state index in [1.807, 2.05) is 0 Å². The summed E-state index contributed by atoms with van der Waals surface area (Å²) < 4.78 is 0. The Morgan fingerprint density at radius 1 is 1.04 bits per heavy atom. The van der Waals surface area contributed by atoms with Gasteiger partial charge < -0.3 is 4.84 Å². The summed E-state index contributed by atoms with van der Waals surface area (Å²) in [6, 6.07) is 11.0. The minimum atomic E-state index is -0.866. The molecule has 1 aromatic heterocycles. The molecular weight excluding hydrogens is 344 g/mol. The lowest BCUT2D eigenvalue weighted by Gasteiger charge is -2.13. The summed E-state index contributed by atoms with van der Waals surface area (Å²) in [5.41, 5.74) is 0.503. The van der Waals surface area contributed by atoms with Crippen molar-refractivity contribution in [3.63, 3.8) is 0 Å². The van der Waals surface area contributed by atoms with Crippen molar-refractivity contribution in [3.05, 3.63) is 76.6 Å². The summed E-state index contributed by atoms with van der Waals surface area (Å²) in [5, 5.41) is 1.99. The molecule has 0 radical (unpaired) electrons. The van der Waals surface area contributed by atoms with E-state index in [4.69, 9.17) is 16.4 Å². The van der Waals surface area contributed by atoms with Crippen LogP contribution >= 0.6 is 11.6 Å². The second-order valence-electron chi connectivity index (χ2n) is 5.38. The van der Waals surface area contributed by atoms with E-state index in [9.17, 15) is 14.4 Å². The molecule has 0 N–H and O–H groups in total. The van der Waals surface area contributed by atoms with Crippen LogP contribution < -0.4 is 0 Å². The van der Waals surface area contributed by atoms with Crippen molar-refractivity contribution in [2.75, 3.05) is 0 Å². The van der Waals surface area contributed by atoms with Gasteiger partial charge in [0.25, 0.3) is 11.8 Å². The van der Waals surface area contributed by atoms with Crippen LogP contribution in [0.3, 0.4) is 0 Å². The Morgan fingerprint density at radius 3 is 2.40 bits per heavy atom. The summed E-state index contributed by atoms with van der Waals surface area (Å²) >= 11 is 6.04. The highest BCUT2D eigenvalue weighted by Gasteiger charge is 2.39. The van der Waals surface area contributed by atoms with Gasteiger partial charge in [0.1, 0.15) is 0 Å². The Balaban J connectivity index is 1.70. The lowest BCUT2D eigenvalue weighted by atomic mass is 10.1. The number of hydrogen-bond acceptors (Lipinski definition) is 5. The Labute approximate surface area is 146 Å². The zero-order valence-electron chi connectivity index (χ0n) is 12.6. The predicted molar refractivity (Wildman–Crippen MR) is 89.1 cm³/mol. The first kappa shape index (κ1) is 15.3. The molecule has 0 saturated heterocycles. The molecule has 0 fully saturated rings. The fraction of sp³-hybridized carbons (Fsp3) is 0. The molecule has 0 saturated carbocycles. The van der Waals surface area contributed by atoms with Crippen LogP contribution in [0.15, 0.2) is 54.9 Å². The molecule has 6 nitrogen and oxygen atoms in total. The first-order valence-corrected chi connectivity index (χ1v) is 7.67. The summed E-state index contributed by atoms with van der Waals surface area (Å²) in [6.07, 6.45) is 3.06. The number of hydroxylamine groups is 2. The number of benzene rings is 2. The minimum absolute atomic E-state index is 0.118. The number of nitrogens with zero attached hydrogens (tertiary/aromatic N) is 2. The number of carbonyl (C=O) groups is 3. The Bertz CT molecular complexity index is 1030. The molecule has 2 aromatic carbocycles. The maximum absolute atomic E-state index is 12.6. The Kier molecular flexibility index (Phi) is 3.47. The van der Waals surface area contributed by atoms with Crippen LogP contribution in [0.1, 0.15) is 31.1 Å². The molecule has 0 spiro atoms. The molecule has 3 aromatic rings. The molecule has 122 valence electrons. The third-order valence-corrected chi connectivity index (χ3v) is 4.09. The number of amides is 2. The number of carbonyl (C=O) groups excluding carboxylic acids is 3. The number of halogens is 1. The number of pyridine rings is 1. The standard InChI is InChI=1S/C18H9ClN2O4/c19-11-7-10-5-6-20-9-15(10)14(8-11)18(24)25-21-16(22)12-3-1-2-4-13(12)17(21)23/h1-9H. The molecular formula is C18H9ClN2O4.